The summed E-state index contributed by atoms with van der Waals surface area (Å²) in [5, 5.41) is 0.210. The van der Waals surface area contributed by atoms with Gasteiger partial charge in [0.2, 0.25) is 0 Å². The van der Waals surface area contributed by atoms with Crippen LogP contribution in [-0.2, 0) is 12.8 Å². The second-order valence-corrected chi connectivity index (χ2v) is 5.02. The van der Waals surface area contributed by atoms with Crippen LogP contribution in [-0.4, -0.2) is 0 Å². The fraction of sp³-hybridized carbons (Fsp3) is 0.571. The molecule has 0 radical (unpaired) electrons. The molecule has 1 aliphatic carbocycles. The van der Waals surface area contributed by atoms with Crippen LogP contribution in [0.5, 0.6) is 0 Å². The third-order valence-corrected chi connectivity index (χ3v) is 3.75. The van der Waals surface area contributed by atoms with Crippen molar-refractivity contribution in [2.75, 3.05) is 0 Å². The molecular formula is C14H19Cl. The Hall–Kier alpha value is -0.490. The summed E-state index contributed by atoms with van der Waals surface area (Å²) in [6.45, 7) is 2.19. The first-order valence-corrected chi connectivity index (χ1v) is 6.50. The van der Waals surface area contributed by atoms with E-state index in [-0.39, 0.29) is 5.38 Å². The van der Waals surface area contributed by atoms with Crippen LogP contribution in [0.4, 0.5) is 0 Å². The Kier molecular flexibility index (Phi) is 3.69. The third-order valence-electron chi connectivity index (χ3n) is 3.28. The minimum Gasteiger partial charge on any atom is -0.118 e. The van der Waals surface area contributed by atoms with Crippen LogP contribution in [0, 0.1) is 0 Å². The van der Waals surface area contributed by atoms with E-state index >= 15 is 0 Å². The van der Waals surface area contributed by atoms with Crippen molar-refractivity contribution in [2.45, 2.75) is 50.8 Å². The van der Waals surface area contributed by atoms with Crippen molar-refractivity contribution in [1.29, 1.82) is 0 Å². The van der Waals surface area contributed by atoms with Gasteiger partial charge in [0.05, 0.1) is 5.38 Å². The Morgan fingerprint density at radius 1 is 1.20 bits per heavy atom. The molecule has 0 bridgehead atoms. The van der Waals surface area contributed by atoms with Crippen molar-refractivity contribution >= 4 is 11.6 Å². The van der Waals surface area contributed by atoms with Crippen molar-refractivity contribution < 1.29 is 0 Å². The van der Waals surface area contributed by atoms with Gasteiger partial charge in [0.25, 0.3) is 0 Å². The zero-order chi connectivity index (χ0) is 10.7. The minimum absolute atomic E-state index is 0.210. The summed E-state index contributed by atoms with van der Waals surface area (Å²) in [5.41, 5.74) is 4.41. The summed E-state index contributed by atoms with van der Waals surface area (Å²) in [6.07, 6.45) is 7.45. The summed E-state index contributed by atoms with van der Waals surface area (Å²) in [7, 11) is 0. The van der Waals surface area contributed by atoms with Gasteiger partial charge in [-0.15, -0.1) is 11.6 Å². The van der Waals surface area contributed by atoms with Crippen LogP contribution in [0.2, 0.25) is 0 Å². The number of alkyl halides is 1. The van der Waals surface area contributed by atoms with E-state index in [0.29, 0.717) is 0 Å². The molecule has 0 amide bonds. The van der Waals surface area contributed by atoms with E-state index in [1.54, 1.807) is 11.1 Å². The minimum atomic E-state index is 0.210. The SMILES string of the molecule is CCCC(Cl)c1ccc2c(c1)CCCC2. The molecule has 0 saturated heterocycles. The molecular weight excluding hydrogens is 204 g/mol. The lowest BCUT2D eigenvalue weighted by Gasteiger charge is -2.18. The maximum absolute atomic E-state index is 6.35. The smallest absolute Gasteiger partial charge is 0.0585 e. The monoisotopic (exact) mass is 222 g/mol. The summed E-state index contributed by atoms with van der Waals surface area (Å²) in [4.78, 5) is 0. The molecule has 1 aromatic carbocycles. The molecule has 1 atom stereocenters. The summed E-state index contributed by atoms with van der Waals surface area (Å²) < 4.78 is 0. The molecule has 0 aliphatic heterocycles. The van der Waals surface area contributed by atoms with E-state index in [2.05, 4.69) is 25.1 Å². The lowest BCUT2D eigenvalue weighted by atomic mass is 9.89. The van der Waals surface area contributed by atoms with Gasteiger partial charge in [-0.1, -0.05) is 31.5 Å². The van der Waals surface area contributed by atoms with Crippen molar-refractivity contribution in [1.82, 2.24) is 0 Å². The lowest BCUT2D eigenvalue weighted by Crippen LogP contribution is -2.03. The third kappa shape index (κ3) is 2.55. The molecule has 1 aliphatic rings. The molecule has 2 rings (SSSR count). The first-order valence-electron chi connectivity index (χ1n) is 6.07. The molecule has 15 heavy (non-hydrogen) atoms. The highest BCUT2D eigenvalue weighted by Gasteiger charge is 2.12. The van der Waals surface area contributed by atoms with Gasteiger partial charge in [0, 0.05) is 0 Å². The number of hydrogen-bond acceptors (Lipinski definition) is 0. The average molecular weight is 223 g/mol. The second-order valence-electron chi connectivity index (χ2n) is 4.49. The standard InChI is InChI=1S/C14H19Cl/c1-2-5-14(15)13-9-8-11-6-3-4-7-12(11)10-13/h8-10,14H,2-7H2,1H3. The first-order chi connectivity index (χ1) is 7.31. The fourth-order valence-electron chi connectivity index (χ4n) is 2.37. The van der Waals surface area contributed by atoms with Crippen LogP contribution in [0.3, 0.4) is 0 Å². The topological polar surface area (TPSA) is 0 Å². The molecule has 0 spiro atoms. The van der Waals surface area contributed by atoms with Gasteiger partial charge in [0.15, 0.2) is 0 Å². The Morgan fingerprint density at radius 3 is 2.67 bits per heavy atom. The Morgan fingerprint density at radius 2 is 1.93 bits per heavy atom. The average Bonchev–Trinajstić information content (AvgIpc) is 2.29. The summed E-state index contributed by atoms with van der Waals surface area (Å²) >= 11 is 6.35. The fourth-order valence-corrected chi connectivity index (χ4v) is 2.72. The highest BCUT2D eigenvalue weighted by Crippen LogP contribution is 2.29. The van der Waals surface area contributed by atoms with Gasteiger partial charge in [-0.2, -0.15) is 0 Å². The number of benzene rings is 1. The van der Waals surface area contributed by atoms with Crippen molar-refractivity contribution in [3.63, 3.8) is 0 Å². The molecule has 82 valence electrons. The Balaban J connectivity index is 2.20. The Bertz CT molecular complexity index is 330. The predicted molar refractivity (Wildman–Crippen MR) is 66.6 cm³/mol. The van der Waals surface area contributed by atoms with E-state index in [4.69, 9.17) is 11.6 Å². The zero-order valence-electron chi connectivity index (χ0n) is 9.43. The predicted octanol–water partition coefficient (Wildman–Crippen LogP) is 4.65. The normalized spacial score (nSPS) is 17.2. The van der Waals surface area contributed by atoms with Gasteiger partial charge in [-0.25, -0.2) is 0 Å². The molecule has 0 heterocycles. The van der Waals surface area contributed by atoms with Gasteiger partial charge in [-0.3, -0.25) is 0 Å². The molecule has 1 aromatic rings. The second kappa shape index (κ2) is 5.03. The quantitative estimate of drug-likeness (QED) is 0.654. The van der Waals surface area contributed by atoms with E-state index in [0.717, 1.165) is 12.8 Å². The number of rotatable bonds is 3. The molecule has 1 unspecified atom stereocenters. The van der Waals surface area contributed by atoms with Crippen LogP contribution in [0.25, 0.3) is 0 Å². The van der Waals surface area contributed by atoms with Crippen LogP contribution in [0.15, 0.2) is 18.2 Å². The van der Waals surface area contributed by atoms with Crippen molar-refractivity contribution in [2.24, 2.45) is 0 Å². The number of aryl methyl sites for hydroxylation is 2. The molecule has 0 N–H and O–H groups in total. The van der Waals surface area contributed by atoms with Gasteiger partial charge in [-0.05, 0) is 48.8 Å². The van der Waals surface area contributed by atoms with E-state index < -0.39 is 0 Å². The van der Waals surface area contributed by atoms with Gasteiger partial charge < -0.3 is 0 Å². The zero-order valence-corrected chi connectivity index (χ0v) is 10.2. The van der Waals surface area contributed by atoms with Crippen LogP contribution in [0.1, 0.15) is 54.7 Å². The van der Waals surface area contributed by atoms with E-state index in [9.17, 15) is 0 Å². The maximum Gasteiger partial charge on any atom is 0.0585 e. The Labute approximate surface area is 97.6 Å². The highest BCUT2D eigenvalue weighted by atomic mass is 35.5. The molecule has 0 nitrogen and oxygen atoms in total. The number of hydrogen-bond donors (Lipinski definition) is 0. The molecule has 1 heteroatoms. The highest BCUT2D eigenvalue weighted by molar-refractivity contribution is 6.20. The lowest BCUT2D eigenvalue weighted by molar-refractivity contribution is 0.682. The van der Waals surface area contributed by atoms with Crippen molar-refractivity contribution in [3.05, 3.63) is 34.9 Å². The first kappa shape index (κ1) is 11.0. The molecule has 0 aromatic heterocycles. The van der Waals surface area contributed by atoms with Gasteiger partial charge >= 0.3 is 0 Å². The van der Waals surface area contributed by atoms with Crippen molar-refractivity contribution in [3.8, 4) is 0 Å². The number of halogens is 1. The number of fused-ring (bicyclic) bond motifs is 1. The van der Waals surface area contributed by atoms with Gasteiger partial charge in [0.1, 0.15) is 0 Å². The molecule has 0 fully saturated rings. The molecule has 0 saturated carbocycles. The van der Waals surface area contributed by atoms with E-state index in [1.165, 1.54) is 31.2 Å². The summed E-state index contributed by atoms with van der Waals surface area (Å²) in [6, 6.07) is 6.84. The van der Waals surface area contributed by atoms with Crippen LogP contribution >= 0.6 is 11.6 Å². The summed E-state index contributed by atoms with van der Waals surface area (Å²) in [5.74, 6) is 0. The van der Waals surface area contributed by atoms with Crippen LogP contribution < -0.4 is 0 Å². The maximum atomic E-state index is 6.35. The largest absolute Gasteiger partial charge is 0.118 e. The van der Waals surface area contributed by atoms with E-state index in [1.807, 2.05) is 0 Å².